The maximum Gasteiger partial charge on any atom is 0.257 e. The molecule has 0 aliphatic rings. The molecular weight excluding hydrogens is 248 g/mol. The van der Waals surface area contributed by atoms with Crippen LogP contribution in [0, 0.1) is 0 Å². The molecule has 2 aromatic rings. The quantitative estimate of drug-likeness (QED) is 0.866. The molecule has 0 radical (unpaired) electrons. The highest BCUT2D eigenvalue weighted by Gasteiger charge is 2.18. The van der Waals surface area contributed by atoms with E-state index in [1.165, 1.54) is 7.11 Å². The predicted molar refractivity (Wildman–Crippen MR) is 69.6 cm³/mol. The van der Waals surface area contributed by atoms with Gasteiger partial charge >= 0.3 is 0 Å². The van der Waals surface area contributed by atoms with Crippen LogP contribution in [-0.2, 0) is 11.2 Å². The first kappa shape index (κ1) is 14.7. The minimum Gasteiger partial charge on any atom is -0.479 e. The van der Waals surface area contributed by atoms with E-state index in [2.05, 4.69) is 5.16 Å². The van der Waals surface area contributed by atoms with E-state index in [0.717, 1.165) is 11.1 Å². The number of primary amides is 1. The number of methoxy groups -OCH3 is 1. The summed E-state index contributed by atoms with van der Waals surface area (Å²) in [6, 6.07) is 9.55. The number of amides is 1. The van der Waals surface area contributed by atoms with Crippen molar-refractivity contribution in [3.8, 4) is 17.2 Å². The van der Waals surface area contributed by atoms with Gasteiger partial charge in [-0.15, -0.1) is 0 Å². The van der Waals surface area contributed by atoms with Crippen LogP contribution in [0.15, 0.2) is 34.9 Å². The van der Waals surface area contributed by atoms with Gasteiger partial charge in [-0.05, 0) is 11.6 Å². The highest BCUT2D eigenvalue weighted by atomic mass is 16.5. The van der Waals surface area contributed by atoms with Crippen molar-refractivity contribution < 1.29 is 19.5 Å². The average Bonchev–Trinajstić information content (AvgIpc) is 2.80. The van der Waals surface area contributed by atoms with Crippen LogP contribution in [-0.4, -0.2) is 23.6 Å². The molecule has 0 atom stereocenters. The Bertz CT molecular complexity index is 537. The number of benzene rings is 1. The molecule has 0 aliphatic carbocycles. The average molecular weight is 264 g/mol. The maximum atomic E-state index is 10.9. The fourth-order valence-electron chi connectivity index (χ4n) is 1.74. The third-order valence-corrected chi connectivity index (χ3v) is 2.60. The van der Waals surface area contributed by atoms with Crippen molar-refractivity contribution in [3.63, 3.8) is 0 Å². The van der Waals surface area contributed by atoms with Crippen LogP contribution in [0.3, 0.4) is 0 Å². The van der Waals surface area contributed by atoms with Crippen LogP contribution >= 0.6 is 0 Å². The molecule has 0 fully saturated rings. The molecule has 0 bridgehead atoms. The smallest absolute Gasteiger partial charge is 0.257 e. The van der Waals surface area contributed by atoms with Gasteiger partial charge in [-0.1, -0.05) is 30.3 Å². The molecule has 0 saturated carbocycles. The summed E-state index contributed by atoms with van der Waals surface area (Å²) in [5.74, 6) is 0.654. The van der Waals surface area contributed by atoms with Gasteiger partial charge in [0.25, 0.3) is 5.88 Å². The highest BCUT2D eigenvalue weighted by Crippen LogP contribution is 2.31. The minimum absolute atomic E-state index is 0. The number of carbonyl (C=O) groups excluding carboxylic acids is 1. The largest absolute Gasteiger partial charge is 0.479 e. The second-order valence-electron chi connectivity index (χ2n) is 3.83. The summed E-state index contributed by atoms with van der Waals surface area (Å²) in [6.07, 6.45) is 0.684. The van der Waals surface area contributed by atoms with Crippen molar-refractivity contribution in [2.75, 3.05) is 7.11 Å². The minimum atomic E-state index is -0.364. The summed E-state index contributed by atoms with van der Waals surface area (Å²) in [5, 5.41) is 3.84. The monoisotopic (exact) mass is 264 g/mol. The second kappa shape index (κ2) is 6.55. The first-order valence-corrected chi connectivity index (χ1v) is 5.58. The van der Waals surface area contributed by atoms with Crippen molar-refractivity contribution in [1.82, 2.24) is 5.16 Å². The standard InChI is InChI=1S/C13H14N2O3.H2O/c1-17-13-10(7-8-11(14)16)12(18-15-13)9-5-3-2-4-6-9;/h2-6H,7-8H2,1H3,(H2,14,16);1H2. The van der Waals surface area contributed by atoms with Crippen molar-refractivity contribution in [1.29, 1.82) is 0 Å². The van der Waals surface area contributed by atoms with Gasteiger partial charge in [0.1, 0.15) is 0 Å². The molecular formula is C13H16N2O4. The number of ether oxygens (including phenoxy) is 1. The Morgan fingerprint density at radius 3 is 2.63 bits per heavy atom. The Balaban J connectivity index is 0.00000180. The Kier molecular flexibility index (Phi) is 5.08. The van der Waals surface area contributed by atoms with Gasteiger partial charge in [-0.3, -0.25) is 4.79 Å². The molecule has 4 N–H and O–H groups in total. The van der Waals surface area contributed by atoms with E-state index in [9.17, 15) is 4.79 Å². The molecule has 2 rings (SSSR count). The normalized spacial score (nSPS) is 9.74. The van der Waals surface area contributed by atoms with Crippen LogP contribution in [0.1, 0.15) is 12.0 Å². The zero-order valence-corrected chi connectivity index (χ0v) is 10.6. The number of hydrogen-bond donors (Lipinski definition) is 1. The summed E-state index contributed by atoms with van der Waals surface area (Å²) >= 11 is 0. The van der Waals surface area contributed by atoms with Crippen LogP contribution in [0.2, 0.25) is 0 Å². The Morgan fingerprint density at radius 2 is 2.05 bits per heavy atom. The number of nitrogens with two attached hydrogens (primary N) is 1. The van der Waals surface area contributed by atoms with Crippen molar-refractivity contribution >= 4 is 5.91 Å². The molecule has 0 spiro atoms. The lowest BCUT2D eigenvalue weighted by Crippen LogP contribution is -2.11. The van der Waals surface area contributed by atoms with Crippen LogP contribution in [0.25, 0.3) is 11.3 Å². The lowest BCUT2D eigenvalue weighted by atomic mass is 10.0. The van der Waals surface area contributed by atoms with Gasteiger partial charge in [0.05, 0.1) is 12.7 Å². The van der Waals surface area contributed by atoms with Gasteiger partial charge in [0.15, 0.2) is 5.76 Å². The molecule has 19 heavy (non-hydrogen) atoms. The van der Waals surface area contributed by atoms with Crippen molar-refractivity contribution in [2.24, 2.45) is 5.73 Å². The number of carbonyl (C=O) groups is 1. The van der Waals surface area contributed by atoms with Crippen molar-refractivity contribution in [2.45, 2.75) is 12.8 Å². The molecule has 1 aromatic carbocycles. The lowest BCUT2D eigenvalue weighted by molar-refractivity contribution is -0.117. The van der Waals surface area contributed by atoms with E-state index >= 15 is 0 Å². The third-order valence-electron chi connectivity index (χ3n) is 2.60. The van der Waals surface area contributed by atoms with Gasteiger partial charge in [0, 0.05) is 12.0 Å². The zero-order valence-electron chi connectivity index (χ0n) is 10.6. The van der Waals surface area contributed by atoms with Crippen LogP contribution < -0.4 is 10.5 Å². The molecule has 0 unspecified atom stereocenters. The number of hydrogen-bond acceptors (Lipinski definition) is 4. The highest BCUT2D eigenvalue weighted by molar-refractivity contribution is 5.74. The third kappa shape index (κ3) is 3.32. The summed E-state index contributed by atoms with van der Waals surface area (Å²) in [6.45, 7) is 0. The van der Waals surface area contributed by atoms with E-state index in [1.54, 1.807) is 0 Å². The van der Waals surface area contributed by atoms with E-state index < -0.39 is 0 Å². The van der Waals surface area contributed by atoms with Crippen LogP contribution in [0.5, 0.6) is 5.88 Å². The van der Waals surface area contributed by atoms with Crippen molar-refractivity contribution in [3.05, 3.63) is 35.9 Å². The zero-order chi connectivity index (χ0) is 13.0. The first-order chi connectivity index (χ1) is 8.72. The Labute approximate surface area is 110 Å². The molecule has 102 valence electrons. The molecule has 1 heterocycles. The lowest BCUT2D eigenvalue weighted by Gasteiger charge is -2.01. The molecule has 1 aromatic heterocycles. The topological polar surface area (TPSA) is 110 Å². The predicted octanol–water partition coefficient (Wildman–Crippen LogP) is 0.943. The Morgan fingerprint density at radius 1 is 1.37 bits per heavy atom. The summed E-state index contributed by atoms with van der Waals surface area (Å²) in [7, 11) is 1.51. The molecule has 1 amide bonds. The first-order valence-electron chi connectivity index (χ1n) is 5.58. The number of rotatable bonds is 5. The van der Waals surface area contributed by atoms with E-state index in [-0.39, 0.29) is 17.8 Å². The van der Waals surface area contributed by atoms with E-state index in [0.29, 0.717) is 18.1 Å². The molecule has 6 nitrogen and oxygen atoms in total. The summed E-state index contributed by atoms with van der Waals surface area (Å²) in [5.41, 5.74) is 6.82. The van der Waals surface area contributed by atoms with Gasteiger partial charge in [-0.25, -0.2) is 0 Å². The van der Waals surface area contributed by atoms with Gasteiger partial charge in [0.2, 0.25) is 5.91 Å². The summed E-state index contributed by atoms with van der Waals surface area (Å²) in [4.78, 5) is 10.9. The van der Waals surface area contributed by atoms with E-state index in [4.69, 9.17) is 15.0 Å². The number of aromatic nitrogens is 1. The summed E-state index contributed by atoms with van der Waals surface area (Å²) < 4.78 is 10.4. The Hall–Kier alpha value is -2.34. The fraction of sp³-hybridized carbons (Fsp3) is 0.231. The number of nitrogens with zero attached hydrogens (tertiary/aromatic N) is 1. The van der Waals surface area contributed by atoms with Gasteiger partial charge < -0.3 is 20.5 Å². The molecule has 0 aliphatic heterocycles. The molecule has 6 heteroatoms. The van der Waals surface area contributed by atoms with E-state index in [1.807, 2.05) is 30.3 Å². The van der Waals surface area contributed by atoms with Crippen LogP contribution in [0.4, 0.5) is 0 Å². The van der Waals surface area contributed by atoms with Gasteiger partial charge in [-0.2, -0.15) is 0 Å². The SMILES string of the molecule is COc1noc(-c2ccccc2)c1CCC(N)=O.O. The fourth-order valence-corrected chi connectivity index (χ4v) is 1.74. The maximum absolute atomic E-state index is 10.9. The second-order valence-corrected chi connectivity index (χ2v) is 3.83. The molecule has 0 saturated heterocycles.